The van der Waals surface area contributed by atoms with E-state index < -0.39 is 0 Å². The maximum Gasteiger partial charge on any atom is 0.183 e. The lowest BCUT2D eigenvalue weighted by Crippen LogP contribution is -2.28. The number of para-hydroxylation sites is 1. The van der Waals surface area contributed by atoms with Crippen LogP contribution in [0.25, 0.3) is 22.1 Å². The number of benzene rings is 1. The highest BCUT2D eigenvalue weighted by Gasteiger charge is 2.18. The zero-order valence-electron chi connectivity index (χ0n) is 13.0. The number of H-pyrrole nitrogens is 1. The molecule has 0 saturated heterocycles. The molecule has 5 heteroatoms. The van der Waals surface area contributed by atoms with E-state index in [0.29, 0.717) is 5.92 Å². The summed E-state index contributed by atoms with van der Waals surface area (Å²) in [7, 11) is 0. The van der Waals surface area contributed by atoms with E-state index in [1.807, 2.05) is 28.8 Å². The van der Waals surface area contributed by atoms with Crippen LogP contribution >= 0.6 is 0 Å². The van der Waals surface area contributed by atoms with Gasteiger partial charge in [0, 0.05) is 17.4 Å². The Morgan fingerprint density at radius 2 is 2.04 bits per heavy atom. The molecule has 1 saturated carbocycles. The molecule has 0 spiro atoms. The van der Waals surface area contributed by atoms with Gasteiger partial charge in [-0.3, -0.25) is 5.41 Å². The Balaban J connectivity index is 1.94. The zero-order valence-corrected chi connectivity index (χ0v) is 13.0. The standard InChI is InChI=1S/C18H19N5/c19-10-15-17(20)23(11-12-6-2-1-3-7-12)18-16(21-15)13-8-4-5-9-14(13)22-18/h4-5,8-9,12,20,22H,1-3,6-7,11H2. The molecule has 0 aliphatic heterocycles. The Bertz CT molecular complexity index is 967. The van der Waals surface area contributed by atoms with Gasteiger partial charge in [0.2, 0.25) is 0 Å². The van der Waals surface area contributed by atoms with Crippen LogP contribution in [-0.2, 0) is 6.54 Å². The molecule has 1 aliphatic rings. The SMILES string of the molecule is N#Cc1nc2c3ccccc3[nH]c2n(CC2CCCCC2)c1=N. The van der Waals surface area contributed by atoms with E-state index in [1.54, 1.807) is 0 Å². The monoisotopic (exact) mass is 305 g/mol. The van der Waals surface area contributed by atoms with Crippen LogP contribution in [0.15, 0.2) is 24.3 Å². The van der Waals surface area contributed by atoms with E-state index in [1.165, 1.54) is 32.1 Å². The van der Waals surface area contributed by atoms with Crippen LogP contribution in [0.5, 0.6) is 0 Å². The minimum atomic E-state index is 0.207. The summed E-state index contributed by atoms with van der Waals surface area (Å²) < 4.78 is 1.96. The maximum atomic E-state index is 9.36. The van der Waals surface area contributed by atoms with Gasteiger partial charge in [-0.2, -0.15) is 5.26 Å². The highest BCUT2D eigenvalue weighted by Crippen LogP contribution is 2.27. The van der Waals surface area contributed by atoms with E-state index in [4.69, 9.17) is 5.41 Å². The third-order valence-corrected chi connectivity index (χ3v) is 4.92. The molecule has 4 rings (SSSR count). The van der Waals surface area contributed by atoms with Crippen LogP contribution in [0.1, 0.15) is 37.8 Å². The van der Waals surface area contributed by atoms with E-state index in [9.17, 15) is 5.26 Å². The molecule has 0 unspecified atom stereocenters. The Morgan fingerprint density at radius 3 is 2.83 bits per heavy atom. The molecule has 0 bridgehead atoms. The van der Waals surface area contributed by atoms with Crippen LogP contribution in [0.2, 0.25) is 0 Å². The average Bonchev–Trinajstić information content (AvgIpc) is 2.96. The Labute approximate surface area is 134 Å². The summed E-state index contributed by atoms with van der Waals surface area (Å²) in [5.74, 6) is 0.585. The second-order valence-electron chi connectivity index (χ2n) is 6.40. The van der Waals surface area contributed by atoms with Crippen molar-refractivity contribution < 1.29 is 0 Å². The van der Waals surface area contributed by atoms with Crippen molar-refractivity contribution in [1.82, 2.24) is 14.5 Å². The summed E-state index contributed by atoms with van der Waals surface area (Å²) in [5.41, 5.74) is 3.09. The van der Waals surface area contributed by atoms with Gasteiger partial charge in [0.15, 0.2) is 11.2 Å². The van der Waals surface area contributed by atoms with E-state index >= 15 is 0 Å². The Hall–Kier alpha value is -2.61. The molecule has 0 radical (unpaired) electrons. The van der Waals surface area contributed by atoms with E-state index in [-0.39, 0.29) is 11.2 Å². The fourth-order valence-corrected chi connectivity index (χ4v) is 3.71. The normalized spacial score (nSPS) is 16.0. The molecule has 116 valence electrons. The number of hydrogen-bond donors (Lipinski definition) is 2. The molecule has 23 heavy (non-hydrogen) atoms. The third kappa shape index (κ3) is 2.31. The minimum absolute atomic E-state index is 0.207. The lowest BCUT2D eigenvalue weighted by atomic mass is 9.89. The second kappa shape index (κ2) is 5.54. The predicted molar refractivity (Wildman–Crippen MR) is 88.7 cm³/mol. The topological polar surface area (TPSA) is 81.2 Å². The van der Waals surface area contributed by atoms with E-state index in [0.717, 1.165) is 28.6 Å². The third-order valence-electron chi connectivity index (χ3n) is 4.92. The van der Waals surface area contributed by atoms with Crippen LogP contribution in [0.3, 0.4) is 0 Å². The molecule has 5 nitrogen and oxygen atoms in total. The average molecular weight is 305 g/mol. The largest absolute Gasteiger partial charge is 0.339 e. The number of nitrogens with zero attached hydrogens (tertiary/aromatic N) is 3. The molecule has 0 amide bonds. The minimum Gasteiger partial charge on any atom is -0.339 e. The molecular formula is C18H19N5. The second-order valence-corrected chi connectivity index (χ2v) is 6.40. The molecule has 2 heterocycles. The van der Waals surface area contributed by atoms with Crippen molar-refractivity contribution >= 4 is 22.1 Å². The molecule has 0 atom stereocenters. The van der Waals surface area contributed by atoms with Crippen molar-refractivity contribution in [2.45, 2.75) is 38.6 Å². The van der Waals surface area contributed by atoms with Crippen molar-refractivity contribution in [3.05, 3.63) is 35.4 Å². The van der Waals surface area contributed by atoms with Crippen LogP contribution in [0.4, 0.5) is 0 Å². The highest BCUT2D eigenvalue weighted by molar-refractivity contribution is 6.03. The molecule has 1 aliphatic carbocycles. The summed E-state index contributed by atoms with van der Waals surface area (Å²) in [5, 5.41) is 18.8. The van der Waals surface area contributed by atoms with Gasteiger partial charge in [-0.25, -0.2) is 4.98 Å². The van der Waals surface area contributed by atoms with Gasteiger partial charge in [0.1, 0.15) is 17.2 Å². The summed E-state index contributed by atoms with van der Waals surface area (Å²) in [4.78, 5) is 7.83. The lowest BCUT2D eigenvalue weighted by Gasteiger charge is -2.23. The van der Waals surface area contributed by atoms with Crippen molar-refractivity contribution in [3.63, 3.8) is 0 Å². The Kier molecular flexibility index (Phi) is 3.38. The van der Waals surface area contributed by atoms with Crippen LogP contribution in [-0.4, -0.2) is 14.5 Å². The smallest absolute Gasteiger partial charge is 0.183 e. The van der Waals surface area contributed by atoms with Gasteiger partial charge < -0.3 is 9.55 Å². The summed E-state index contributed by atoms with van der Waals surface area (Å²) in [6, 6.07) is 10.1. The number of aromatic amines is 1. The van der Waals surface area contributed by atoms with Crippen molar-refractivity contribution in [1.29, 1.82) is 10.7 Å². The summed E-state index contributed by atoms with van der Waals surface area (Å²) in [6.45, 7) is 0.791. The fourth-order valence-electron chi connectivity index (χ4n) is 3.71. The quantitative estimate of drug-likeness (QED) is 0.760. The first kappa shape index (κ1) is 14.0. The number of rotatable bonds is 2. The first-order chi connectivity index (χ1) is 11.3. The molecule has 3 aromatic rings. The van der Waals surface area contributed by atoms with Gasteiger partial charge in [0.25, 0.3) is 0 Å². The fraction of sp³-hybridized carbons (Fsp3) is 0.389. The first-order valence-electron chi connectivity index (χ1n) is 8.24. The van der Waals surface area contributed by atoms with Gasteiger partial charge >= 0.3 is 0 Å². The van der Waals surface area contributed by atoms with Crippen molar-refractivity contribution in [2.75, 3.05) is 0 Å². The van der Waals surface area contributed by atoms with Crippen LogP contribution < -0.4 is 5.49 Å². The summed E-state index contributed by atoms with van der Waals surface area (Å²) in [6.07, 6.45) is 6.27. The molecule has 2 N–H and O–H groups in total. The zero-order chi connectivity index (χ0) is 15.8. The van der Waals surface area contributed by atoms with Gasteiger partial charge in [-0.15, -0.1) is 0 Å². The molecule has 1 fully saturated rings. The molecular weight excluding hydrogens is 286 g/mol. The highest BCUT2D eigenvalue weighted by atomic mass is 15.1. The van der Waals surface area contributed by atoms with Crippen molar-refractivity contribution in [2.24, 2.45) is 5.92 Å². The van der Waals surface area contributed by atoms with Gasteiger partial charge in [-0.05, 0) is 24.8 Å². The first-order valence-corrected chi connectivity index (χ1v) is 8.24. The maximum absolute atomic E-state index is 9.36. The Morgan fingerprint density at radius 1 is 1.26 bits per heavy atom. The van der Waals surface area contributed by atoms with E-state index in [2.05, 4.69) is 16.0 Å². The lowest BCUT2D eigenvalue weighted by molar-refractivity contribution is 0.317. The number of nitriles is 1. The predicted octanol–water partition coefficient (Wildman–Crippen LogP) is 3.45. The number of fused-ring (bicyclic) bond motifs is 3. The number of hydrogen-bond acceptors (Lipinski definition) is 3. The van der Waals surface area contributed by atoms with Crippen molar-refractivity contribution in [3.8, 4) is 6.07 Å². The summed E-state index contributed by atoms with van der Waals surface area (Å²) >= 11 is 0. The van der Waals surface area contributed by atoms with Gasteiger partial charge in [-0.1, -0.05) is 37.5 Å². The van der Waals surface area contributed by atoms with Crippen LogP contribution in [0, 0.1) is 22.7 Å². The molecule has 2 aromatic heterocycles. The number of aromatic nitrogens is 3. The number of nitrogens with one attached hydrogen (secondary N) is 2. The molecule has 1 aromatic carbocycles. The van der Waals surface area contributed by atoms with Gasteiger partial charge in [0.05, 0.1) is 0 Å².